The molecule has 2 heterocycles. The second-order valence-corrected chi connectivity index (χ2v) is 6.37. The molecular weight excluding hydrogens is 314 g/mol. The van der Waals surface area contributed by atoms with E-state index in [0.717, 1.165) is 17.7 Å². The molecule has 128 valence electrons. The molecule has 1 aromatic heterocycles. The van der Waals surface area contributed by atoms with Crippen molar-refractivity contribution in [2.24, 2.45) is 0 Å². The number of nitrogens with zero attached hydrogens (tertiary/aromatic N) is 3. The predicted molar refractivity (Wildman–Crippen MR) is 97.7 cm³/mol. The van der Waals surface area contributed by atoms with Crippen LogP contribution in [0.1, 0.15) is 35.2 Å². The molecule has 1 aliphatic rings. The highest BCUT2D eigenvalue weighted by Crippen LogP contribution is 2.38. The normalized spacial score (nSPS) is 19.1. The Morgan fingerprint density at radius 2 is 1.76 bits per heavy atom. The van der Waals surface area contributed by atoms with E-state index in [9.17, 15) is 0 Å². The highest BCUT2D eigenvalue weighted by molar-refractivity contribution is 5.42. The summed E-state index contributed by atoms with van der Waals surface area (Å²) in [6.07, 6.45) is 0.866. The van der Waals surface area contributed by atoms with Crippen molar-refractivity contribution in [3.05, 3.63) is 65.2 Å². The maximum atomic E-state index is 5.85. The number of nitrogens with one attached hydrogen (secondary N) is 1. The fourth-order valence-electron chi connectivity index (χ4n) is 3.31. The van der Waals surface area contributed by atoms with Gasteiger partial charge in [-0.3, -0.25) is 0 Å². The molecule has 0 amide bonds. The highest BCUT2D eigenvalue weighted by atomic mass is 16.5. The number of anilines is 2. The van der Waals surface area contributed by atoms with Crippen LogP contribution in [-0.2, 0) is 0 Å². The summed E-state index contributed by atoms with van der Waals surface area (Å²) in [6, 6.07) is 16.9. The Balaban J connectivity index is 1.72. The van der Waals surface area contributed by atoms with E-state index in [0.29, 0.717) is 5.95 Å². The van der Waals surface area contributed by atoms with E-state index >= 15 is 0 Å². The van der Waals surface area contributed by atoms with Crippen LogP contribution >= 0.6 is 0 Å². The topological polar surface area (TPSA) is 78.0 Å². The highest BCUT2D eigenvalue weighted by Gasteiger charge is 2.30. The average molecular weight is 335 g/mol. The summed E-state index contributed by atoms with van der Waals surface area (Å²) in [5.74, 6) is 1.83. The summed E-state index contributed by atoms with van der Waals surface area (Å²) in [5.41, 5.74) is 9.49. The molecule has 0 radical (unpaired) electrons. The van der Waals surface area contributed by atoms with Gasteiger partial charge in [0.15, 0.2) is 0 Å². The zero-order valence-electron chi connectivity index (χ0n) is 14.3. The van der Waals surface area contributed by atoms with Crippen LogP contribution < -0.4 is 15.8 Å². The number of aromatic nitrogens is 3. The van der Waals surface area contributed by atoms with Crippen LogP contribution in [-0.4, -0.2) is 21.9 Å². The summed E-state index contributed by atoms with van der Waals surface area (Å²) in [7, 11) is 1.67. The minimum absolute atomic E-state index is 0.0678. The number of hydrogen-bond acceptors (Lipinski definition) is 5. The lowest BCUT2D eigenvalue weighted by molar-refractivity contribution is 0.411. The monoisotopic (exact) mass is 335 g/mol. The molecule has 0 unspecified atom stereocenters. The largest absolute Gasteiger partial charge is 0.497 e. The number of aryl methyl sites for hydroxylation is 1. The molecule has 3 N–H and O–H groups in total. The van der Waals surface area contributed by atoms with Crippen molar-refractivity contribution < 1.29 is 4.74 Å². The van der Waals surface area contributed by atoms with Gasteiger partial charge in [0.2, 0.25) is 11.9 Å². The molecule has 4 rings (SSSR count). The Kier molecular flexibility index (Phi) is 3.80. The van der Waals surface area contributed by atoms with Gasteiger partial charge in [-0.15, -0.1) is 5.10 Å². The van der Waals surface area contributed by atoms with E-state index in [1.165, 1.54) is 11.1 Å². The molecule has 0 saturated heterocycles. The van der Waals surface area contributed by atoms with Gasteiger partial charge in [-0.2, -0.15) is 4.98 Å². The molecule has 6 heteroatoms. The van der Waals surface area contributed by atoms with Crippen molar-refractivity contribution in [2.75, 3.05) is 18.2 Å². The summed E-state index contributed by atoms with van der Waals surface area (Å²) in [5, 5.41) is 7.84. The SMILES string of the molecule is COc1ccc([C@@H]2C[C@@H](c3ccc(C)cc3)Nc3nc(N)nn32)cc1. The zero-order chi connectivity index (χ0) is 17.4. The van der Waals surface area contributed by atoms with Gasteiger partial charge in [-0.25, -0.2) is 4.68 Å². The first-order chi connectivity index (χ1) is 12.1. The van der Waals surface area contributed by atoms with E-state index in [-0.39, 0.29) is 18.0 Å². The van der Waals surface area contributed by atoms with Gasteiger partial charge in [0.1, 0.15) is 5.75 Å². The van der Waals surface area contributed by atoms with E-state index in [2.05, 4.69) is 58.7 Å². The van der Waals surface area contributed by atoms with Crippen molar-refractivity contribution in [3.63, 3.8) is 0 Å². The van der Waals surface area contributed by atoms with Crippen LogP contribution in [0.2, 0.25) is 0 Å². The van der Waals surface area contributed by atoms with Crippen molar-refractivity contribution in [1.29, 1.82) is 0 Å². The van der Waals surface area contributed by atoms with Crippen molar-refractivity contribution in [1.82, 2.24) is 14.8 Å². The van der Waals surface area contributed by atoms with Crippen molar-refractivity contribution >= 4 is 11.9 Å². The second kappa shape index (κ2) is 6.12. The number of methoxy groups -OCH3 is 1. The van der Waals surface area contributed by atoms with Gasteiger partial charge in [0.05, 0.1) is 19.2 Å². The Morgan fingerprint density at radius 3 is 2.44 bits per heavy atom. The smallest absolute Gasteiger partial charge is 0.241 e. The third-order valence-electron chi connectivity index (χ3n) is 4.69. The Labute approximate surface area is 146 Å². The molecule has 0 bridgehead atoms. The predicted octanol–water partition coefficient (Wildman–Crippen LogP) is 3.32. The van der Waals surface area contributed by atoms with Crippen LogP contribution in [0.15, 0.2) is 48.5 Å². The quantitative estimate of drug-likeness (QED) is 0.768. The Bertz CT molecular complexity index is 870. The second-order valence-electron chi connectivity index (χ2n) is 6.37. The van der Waals surface area contributed by atoms with Crippen LogP contribution in [0.5, 0.6) is 5.75 Å². The summed E-state index contributed by atoms with van der Waals surface area (Å²) in [4.78, 5) is 4.35. The fraction of sp³-hybridized carbons (Fsp3) is 0.263. The lowest BCUT2D eigenvalue weighted by atomic mass is 9.93. The molecule has 6 nitrogen and oxygen atoms in total. The summed E-state index contributed by atoms with van der Waals surface area (Å²) in [6.45, 7) is 2.09. The van der Waals surface area contributed by atoms with Gasteiger partial charge in [-0.1, -0.05) is 42.0 Å². The molecule has 0 spiro atoms. The molecule has 1 aliphatic heterocycles. The number of ether oxygens (including phenoxy) is 1. The molecule has 3 aromatic rings. The fourth-order valence-corrected chi connectivity index (χ4v) is 3.31. The standard InChI is InChI=1S/C19H21N5O/c1-12-3-5-13(6-4-12)16-11-17(14-7-9-15(25-2)10-8-14)24-19(21-16)22-18(20)23-24/h3-10,16-17H,11H2,1-2H3,(H3,20,21,22,23)/t16-,17-/m0/s1. The minimum atomic E-state index is 0.0678. The third-order valence-corrected chi connectivity index (χ3v) is 4.69. The number of rotatable bonds is 3. The van der Waals surface area contributed by atoms with Crippen LogP contribution in [0.3, 0.4) is 0 Å². The van der Waals surface area contributed by atoms with Crippen molar-refractivity contribution in [2.45, 2.75) is 25.4 Å². The maximum absolute atomic E-state index is 5.85. The number of nitrogens with two attached hydrogens (primary N) is 1. The summed E-state index contributed by atoms with van der Waals surface area (Å²) < 4.78 is 7.14. The van der Waals surface area contributed by atoms with E-state index in [1.54, 1.807) is 7.11 Å². The van der Waals surface area contributed by atoms with Gasteiger partial charge in [0.25, 0.3) is 0 Å². The Hall–Kier alpha value is -3.02. The number of benzene rings is 2. The van der Waals surface area contributed by atoms with E-state index in [1.807, 2.05) is 16.8 Å². The first kappa shape index (κ1) is 15.5. The molecule has 0 saturated carbocycles. The molecule has 2 atom stereocenters. The molecule has 25 heavy (non-hydrogen) atoms. The van der Waals surface area contributed by atoms with Crippen LogP contribution in [0.4, 0.5) is 11.9 Å². The number of nitrogen functional groups attached to an aromatic ring is 1. The Morgan fingerprint density at radius 1 is 1.08 bits per heavy atom. The maximum Gasteiger partial charge on any atom is 0.241 e. The molecular formula is C19H21N5O. The first-order valence-corrected chi connectivity index (χ1v) is 8.33. The van der Waals surface area contributed by atoms with Crippen LogP contribution in [0.25, 0.3) is 0 Å². The average Bonchev–Trinajstić information content (AvgIpc) is 3.01. The number of hydrogen-bond donors (Lipinski definition) is 2. The lowest BCUT2D eigenvalue weighted by Gasteiger charge is -2.31. The first-order valence-electron chi connectivity index (χ1n) is 8.33. The number of fused-ring (bicyclic) bond motifs is 1. The third kappa shape index (κ3) is 2.91. The molecule has 0 aliphatic carbocycles. The lowest BCUT2D eigenvalue weighted by Crippen LogP contribution is -2.28. The van der Waals surface area contributed by atoms with Gasteiger partial charge in [0, 0.05) is 0 Å². The van der Waals surface area contributed by atoms with Crippen molar-refractivity contribution in [3.8, 4) is 5.75 Å². The van der Waals surface area contributed by atoms with Gasteiger partial charge < -0.3 is 15.8 Å². The van der Waals surface area contributed by atoms with Gasteiger partial charge in [-0.05, 0) is 36.6 Å². The van der Waals surface area contributed by atoms with E-state index in [4.69, 9.17) is 10.5 Å². The minimum Gasteiger partial charge on any atom is -0.497 e. The zero-order valence-corrected chi connectivity index (χ0v) is 14.3. The molecule has 0 fully saturated rings. The van der Waals surface area contributed by atoms with E-state index < -0.39 is 0 Å². The molecule has 2 aromatic carbocycles. The van der Waals surface area contributed by atoms with Crippen LogP contribution in [0, 0.1) is 6.92 Å². The van der Waals surface area contributed by atoms with Gasteiger partial charge >= 0.3 is 0 Å². The summed E-state index contributed by atoms with van der Waals surface area (Å²) >= 11 is 0.